The van der Waals surface area contributed by atoms with E-state index in [2.05, 4.69) is 16.2 Å². The smallest absolute Gasteiger partial charge is 0.248 e. The highest BCUT2D eigenvalue weighted by molar-refractivity contribution is 7.17. The van der Waals surface area contributed by atoms with E-state index in [0.717, 1.165) is 39.9 Å². The van der Waals surface area contributed by atoms with E-state index in [1.54, 1.807) is 4.68 Å². The number of carbonyl (C=O) groups excluding carboxylic acids is 1. The minimum absolute atomic E-state index is 0.0209. The van der Waals surface area contributed by atoms with E-state index in [9.17, 15) is 10.1 Å². The van der Waals surface area contributed by atoms with Gasteiger partial charge in [0.25, 0.3) is 0 Å². The maximum atomic E-state index is 13.4. The molecule has 1 saturated heterocycles. The predicted octanol–water partition coefficient (Wildman–Crippen LogP) is 3.60. The molecule has 1 aliphatic heterocycles. The fourth-order valence-electron chi connectivity index (χ4n) is 4.40. The van der Waals surface area contributed by atoms with Gasteiger partial charge in [0.05, 0.1) is 33.7 Å². The number of nitriles is 1. The number of aromatic nitrogens is 3. The van der Waals surface area contributed by atoms with Crippen molar-refractivity contribution in [3.8, 4) is 17.2 Å². The van der Waals surface area contributed by atoms with Crippen LogP contribution in [0.1, 0.15) is 19.8 Å². The molecule has 2 aromatic heterocycles. The summed E-state index contributed by atoms with van der Waals surface area (Å²) in [6.07, 6.45) is 5.72. The summed E-state index contributed by atoms with van der Waals surface area (Å²) < 4.78 is 2.75. The Bertz CT molecular complexity index is 1110. The average molecular weight is 377 g/mol. The molecule has 0 bridgehead atoms. The molecule has 0 radical (unpaired) electrons. The van der Waals surface area contributed by atoms with E-state index < -0.39 is 5.41 Å². The summed E-state index contributed by atoms with van der Waals surface area (Å²) in [4.78, 5) is 19.7. The Hall–Kier alpha value is -2.72. The number of aryl methyl sites for hydroxylation is 1. The molecule has 6 nitrogen and oxygen atoms in total. The summed E-state index contributed by atoms with van der Waals surface area (Å²) in [6, 6.07) is 6.49. The Kier molecular flexibility index (Phi) is 3.43. The first-order chi connectivity index (χ1) is 13.0. The van der Waals surface area contributed by atoms with Crippen LogP contribution in [0, 0.1) is 28.6 Å². The number of thiazole rings is 1. The number of hydrogen-bond acceptors (Lipinski definition) is 5. The van der Waals surface area contributed by atoms with Crippen LogP contribution in [0.25, 0.3) is 21.3 Å². The highest BCUT2D eigenvalue weighted by atomic mass is 32.1. The van der Waals surface area contributed by atoms with Gasteiger partial charge in [-0.25, -0.2) is 4.98 Å². The van der Waals surface area contributed by atoms with Crippen molar-refractivity contribution in [3.63, 3.8) is 0 Å². The fourth-order valence-corrected chi connectivity index (χ4v) is 5.19. The predicted molar refractivity (Wildman–Crippen MR) is 104 cm³/mol. The standard InChI is InChI=1S/C20H19N5OS/c1-12-8-25(19(26)20(12,10-21)15-3-4-15)17-6-13(14-7-23-24(2)9-14)5-16-18(17)27-11-22-16/h5-7,9,11-12,15H,3-4,8H2,1-2H3/t12-,20+/m1/s1. The Morgan fingerprint density at radius 1 is 1.33 bits per heavy atom. The minimum atomic E-state index is -0.874. The lowest BCUT2D eigenvalue weighted by atomic mass is 9.75. The molecule has 3 heterocycles. The third kappa shape index (κ3) is 2.26. The van der Waals surface area contributed by atoms with Crippen LogP contribution in [0.4, 0.5) is 5.69 Å². The topological polar surface area (TPSA) is 74.8 Å². The molecule has 2 atom stereocenters. The van der Waals surface area contributed by atoms with Crippen molar-refractivity contribution in [1.29, 1.82) is 5.26 Å². The summed E-state index contributed by atoms with van der Waals surface area (Å²) in [5.74, 6) is 0.180. The Balaban J connectivity index is 1.66. The van der Waals surface area contributed by atoms with Gasteiger partial charge >= 0.3 is 0 Å². The normalized spacial score (nSPS) is 25.3. The number of amides is 1. The minimum Gasteiger partial charge on any atom is -0.309 e. The molecule has 27 heavy (non-hydrogen) atoms. The van der Waals surface area contributed by atoms with E-state index in [0.29, 0.717) is 6.54 Å². The average Bonchev–Trinajstić information content (AvgIpc) is 3.12. The highest BCUT2D eigenvalue weighted by Gasteiger charge is 2.61. The lowest BCUT2D eigenvalue weighted by molar-refractivity contribution is -0.124. The van der Waals surface area contributed by atoms with Crippen LogP contribution in [-0.2, 0) is 11.8 Å². The molecule has 5 rings (SSSR count). The molecule has 1 aliphatic carbocycles. The monoisotopic (exact) mass is 377 g/mol. The van der Waals surface area contributed by atoms with Gasteiger partial charge in [-0.3, -0.25) is 9.48 Å². The lowest BCUT2D eigenvalue weighted by Crippen LogP contribution is -2.37. The van der Waals surface area contributed by atoms with Gasteiger partial charge in [0.15, 0.2) is 0 Å². The van der Waals surface area contributed by atoms with Crippen LogP contribution < -0.4 is 4.90 Å². The van der Waals surface area contributed by atoms with Gasteiger partial charge in [0.1, 0.15) is 5.41 Å². The molecule has 7 heteroatoms. The molecule has 1 aromatic carbocycles. The summed E-state index contributed by atoms with van der Waals surface area (Å²) in [5, 5.41) is 14.2. The number of anilines is 1. The summed E-state index contributed by atoms with van der Waals surface area (Å²) in [6.45, 7) is 2.61. The number of hydrogen-bond donors (Lipinski definition) is 0. The quantitative estimate of drug-likeness (QED) is 0.699. The Morgan fingerprint density at radius 3 is 2.81 bits per heavy atom. The molecule has 0 unspecified atom stereocenters. The number of nitrogens with zero attached hydrogens (tertiary/aromatic N) is 5. The molecule has 2 fully saturated rings. The van der Waals surface area contributed by atoms with Crippen LogP contribution in [0.2, 0.25) is 0 Å². The third-order valence-electron chi connectivity index (χ3n) is 5.98. The van der Waals surface area contributed by atoms with E-state index in [1.165, 1.54) is 11.3 Å². The number of fused-ring (bicyclic) bond motifs is 1. The van der Waals surface area contributed by atoms with Gasteiger partial charge in [0.2, 0.25) is 5.91 Å². The van der Waals surface area contributed by atoms with Gasteiger partial charge in [-0.15, -0.1) is 11.3 Å². The highest BCUT2D eigenvalue weighted by Crippen LogP contribution is 2.55. The van der Waals surface area contributed by atoms with Crippen LogP contribution in [0.15, 0.2) is 30.0 Å². The van der Waals surface area contributed by atoms with E-state index in [4.69, 9.17) is 0 Å². The fraction of sp³-hybridized carbons (Fsp3) is 0.400. The van der Waals surface area contributed by atoms with E-state index in [1.807, 2.05) is 48.9 Å². The van der Waals surface area contributed by atoms with Gasteiger partial charge in [0, 0.05) is 31.3 Å². The molecule has 2 aliphatic rings. The van der Waals surface area contributed by atoms with Gasteiger partial charge < -0.3 is 4.90 Å². The van der Waals surface area contributed by atoms with Gasteiger partial charge in [-0.1, -0.05) is 6.92 Å². The van der Waals surface area contributed by atoms with Crippen LogP contribution in [-0.4, -0.2) is 27.2 Å². The lowest BCUT2D eigenvalue weighted by Gasteiger charge is -2.23. The van der Waals surface area contributed by atoms with Crippen molar-refractivity contribution in [2.75, 3.05) is 11.4 Å². The largest absolute Gasteiger partial charge is 0.309 e. The zero-order valence-corrected chi connectivity index (χ0v) is 16.0. The van der Waals surface area contributed by atoms with Crippen molar-refractivity contribution in [2.24, 2.45) is 24.3 Å². The summed E-state index contributed by atoms with van der Waals surface area (Å²) in [7, 11) is 1.88. The van der Waals surface area contributed by atoms with Crippen molar-refractivity contribution >= 4 is 33.1 Å². The molecule has 0 spiro atoms. The van der Waals surface area contributed by atoms with Crippen LogP contribution in [0.5, 0.6) is 0 Å². The Morgan fingerprint density at radius 2 is 2.15 bits per heavy atom. The van der Waals surface area contributed by atoms with Crippen molar-refractivity contribution < 1.29 is 4.79 Å². The SMILES string of the molecule is C[C@@H]1CN(c2cc(-c3cnn(C)c3)cc3ncsc23)C(=O)[C@]1(C#N)C1CC1. The summed E-state index contributed by atoms with van der Waals surface area (Å²) in [5.41, 5.74) is 4.64. The first-order valence-electron chi connectivity index (χ1n) is 9.14. The third-order valence-corrected chi connectivity index (χ3v) is 6.84. The second-order valence-corrected chi connectivity index (χ2v) is 8.53. The zero-order chi connectivity index (χ0) is 18.8. The maximum Gasteiger partial charge on any atom is 0.248 e. The first kappa shape index (κ1) is 16.5. The van der Waals surface area contributed by atoms with Crippen molar-refractivity contribution in [2.45, 2.75) is 19.8 Å². The molecular weight excluding hydrogens is 358 g/mol. The molecule has 3 aromatic rings. The summed E-state index contributed by atoms with van der Waals surface area (Å²) >= 11 is 1.54. The van der Waals surface area contributed by atoms with Crippen molar-refractivity contribution in [3.05, 3.63) is 30.0 Å². The van der Waals surface area contributed by atoms with Crippen LogP contribution >= 0.6 is 11.3 Å². The van der Waals surface area contributed by atoms with Gasteiger partial charge in [-0.05, 0) is 36.5 Å². The van der Waals surface area contributed by atoms with Crippen molar-refractivity contribution in [1.82, 2.24) is 14.8 Å². The number of carbonyl (C=O) groups is 1. The molecule has 1 saturated carbocycles. The van der Waals surface area contributed by atoms with E-state index in [-0.39, 0.29) is 17.7 Å². The molecular formula is C20H19N5OS. The first-order valence-corrected chi connectivity index (χ1v) is 10.0. The number of rotatable bonds is 3. The Labute approximate surface area is 161 Å². The second-order valence-electron chi connectivity index (χ2n) is 7.67. The zero-order valence-electron chi connectivity index (χ0n) is 15.2. The van der Waals surface area contributed by atoms with Crippen LogP contribution in [0.3, 0.4) is 0 Å². The molecule has 136 valence electrons. The van der Waals surface area contributed by atoms with Gasteiger partial charge in [-0.2, -0.15) is 10.4 Å². The molecule has 0 N–H and O–H groups in total. The van der Waals surface area contributed by atoms with E-state index >= 15 is 0 Å². The second kappa shape index (κ2) is 5.64. The maximum absolute atomic E-state index is 13.4. The number of benzene rings is 1. The molecule has 1 amide bonds.